The SMILES string of the molecule is N=CCOCCc1cccc(C(N)=O)c1F. The molecule has 1 aromatic rings. The first kappa shape index (κ1) is 12.3. The van der Waals surface area contributed by atoms with Crippen molar-refractivity contribution in [2.75, 3.05) is 13.2 Å². The number of nitrogens with one attached hydrogen (secondary N) is 1. The van der Waals surface area contributed by atoms with Crippen molar-refractivity contribution in [3.63, 3.8) is 0 Å². The number of ether oxygens (including phenoxy) is 1. The van der Waals surface area contributed by atoms with E-state index in [0.717, 1.165) is 6.21 Å². The van der Waals surface area contributed by atoms with Gasteiger partial charge in [-0.05, 0) is 18.1 Å². The topological polar surface area (TPSA) is 76.2 Å². The van der Waals surface area contributed by atoms with Gasteiger partial charge in [0.25, 0.3) is 5.91 Å². The smallest absolute Gasteiger partial charge is 0.251 e. The Balaban J connectivity index is 2.69. The number of nitrogens with two attached hydrogens (primary N) is 1. The molecular weight excluding hydrogens is 211 g/mol. The first-order chi connectivity index (χ1) is 7.66. The fourth-order valence-corrected chi connectivity index (χ4v) is 1.29. The molecule has 16 heavy (non-hydrogen) atoms. The molecule has 86 valence electrons. The number of benzene rings is 1. The molecule has 0 saturated heterocycles. The fourth-order valence-electron chi connectivity index (χ4n) is 1.29. The number of hydrogen-bond donors (Lipinski definition) is 2. The molecule has 0 bridgehead atoms. The molecule has 1 aromatic carbocycles. The van der Waals surface area contributed by atoms with E-state index in [-0.39, 0.29) is 12.2 Å². The third-order valence-corrected chi connectivity index (χ3v) is 2.06. The van der Waals surface area contributed by atoms with Crippen LogP contribution in [0.4, 0.5) is 4.39 Å². The van der Waals surface area contributed by atoms with Crippen LogP contribution in [0, 0.1) is 11.2 Å². The van der Waals surface area contributed by atoms with E-state index in [1.807, 2.05) is 0 Å². The van der Waals surface area contributed by atoms with Gasteiger partial charge in [0.2, 0.25) is 0 Å². The normalized spacial score (nSPS) is 10.1. The van der Waals surface area contributed by atoms with Crippen LogP contribution in [0.2, 0.25) is 0 Å². The number of carbonyl (C=O) groups is 1. The monoisotopic (exact) mass is 224 g/mol. The minimum Gasteiger partial charge on any atom is -0.375 e. The van der Waals surface area contributed by atoms with Crippen LogP contribution in [0.25, 0.3) is 0 Å². The third-order valence-electron chi connectivity index (χ3n) is 2.06. The highest BCUT2D eigenvalue weighted by Gasteiger charge is 2.11. The van der Waals surface area contributed by atoms with Crippen LogP contribution in [0.5, 0.6) is 0 Å². The van der Waals surface area contributed by atoms with E-state index < -0.39 is 11.7 Å². The summed E-state index contributed by atoms with van der Waals surface area (Å²) in [5.41, 5.74) is 5.30. The Morgan fingerprint density at radius 1 is 1.56 bits per heavy atom. The molecule has 0 heterocycles. The summed E-state index contributed by atoms with van der Waals surface area (Å²) >= 11 is 0. The Labute approximate surface area is 92.7 Å². The fraction of sp³-hybridized carbons (Fsp3) is 0.273. The predicted octanol–water partition coefficient (Wildman–Crippen LogP) is 1.13. The number of halogens is 1. The van der Waals surface area contributed by atoms with E-state index in [1.165, 1.54) is 6.07 Å². The molecule has 5 heteroatoms. The van der Waals surface area contributed by atoms with Crippen molar-refractivity contribution in [3.8, 4) is 0 Å². The second kappa shape index (κ2) is 5.97. The van der Waals surface area contributed by atoms with Crippen LogP contribution in [-0.2, 0) is 11.2 Å². The summed E-state index contributed by atoms with van der Waals surface area (Å²) in [5, 5.41) is 6.73. The van der Waals surface area contributed by atoms with Crippen LogP contribution in [-0.4, -0.2) is 25.3 Å². The van der Waals surface area contributed by atoms with Crippen molar-refractivity contribution in [2.45, 2.75) is 6.42 Å². The maximum atomic E-state index is 13.6. The summed E-state index contributed by atoms with van der Waals surface area (Å²) in [6.07, 6.45) is 1.47. The minimum absolute atomic E-state index is 0.107. The van der Waals surface area contributed by atoms with E-state index in [0.29, 0.717) is 18.6 Å². The van der Waals surface area contributed by atoms with Crippen molar-refractivity contribution in [3.05, 3.63) is 35.1 Å². The summed E-state index contributed by atoms with van der Waals surface area (Å²) in [6.45, 7) is 0.506. The molecular formula is C11H13FN2O2. The molecule has 1 rings (SSSR count). The standard InChI is InChI=1S/C11H13FN2O2/c12-10-8(4-6-16-7-5-13)2-1-3-9(10)11(14)15/h1-3,5,13H,4,6-7H2,(H2,14,15). The first-order valence-electron chi connectivity index (χ1n) is 4.80. The lowest BCUT2D eigenvalue weighted by atomic mass is 10.1. The molecule has 0 aromatic heterocycles. The van der Waals surface area contributed by atoms with Crippen molar-refractivity contribution in [2.24, 2.45) is 5.73 Å². The van der Waals surface area contributed by atoms with Crippen LogP contribution < -0.4 is 5.73 Å². The molecule has 3 N–H and O–H groups in total. The molecule has 0 radical (unpaired) electrons. The summed E-state index contributed by atoms with van der Waals surface area (Å²) in [5.74, 6) is -1.37. The Bertz CT molecular complexity index is 394. The predicted molar refractivity (Wildman–Crippen MR) is 58.2 cm³/mol. The lowest BCUT2D eigenvalue weighted by Crippen LogP contribution is -2.14. The molecule has 0 aliphatic carbocycles. The highest BCUT2D eigenvalue weighted by molar-refractivity contribution is 5.93. The van der Waals surface area contributed by atoms with Crippen molar-refractivity contribution < 1.29 is 13.9 Å². The van der Waals surface area contributed by atoms with E-state index in [1.54, 1.807) is 12.1 Å². The van der Waals surface area contributed by atoms with Crippen LogP contribution in [0.15, 0.2) is 18.2 Å². The van der Waals surface area contributed by atoms with Gasteiger partial charge in [-0.2, -0.15) is 0 Å². The lowest BCUT2D eigenvalue weighted by molar-refractivity contribution is 0.0996. The zero-order valence-corrected chi connectivity index (χ0v) is 8.70. The van der Waals surface area contributed by atoms with Crippen molar-refractivity contribution in [1.29, 1.82) is 5.41 Å². The minimum atomic E-state index is -0.778. The van der Waals surface area contributed by atoms with Gasteiger partial charge in [0.15, 0.2) is 0 Å². The average Bonchev–Trinajstić information content (AvgIpc) is 2.26. The maximum Gasteiger partial charge on any atom is 0.251 e. The molecule has 0 saturated carbocycles. The molecule has 0 unspecified atom stereocenters. The van der Waals surface area contributed by atoms with Gasteiger partial charge < -0.3 is 15.9 Å². The Kier molecular flexibility index (Phi) is 4.60. The summed E-state index contributed by atoms with van der Waals surface area (Å²) in [4.78, 5) is 10.9. The summed E-state index contributed by atoms with van der Waals surface area (Å²) in [7, 11) is 0. The number of primary amides is 1. The molecule has 4 nitrogen and oxygen atoms in total. The van der Waals surface area contributed by atoms with Crippen LogP contribution in [0.3, 0.4) is 0 Å². The quantitative estimate of drug-likeness (QED) is 0.561. The largest absolute Gasteiger partial charge is 0.375 e. The van der Waals surface area contributed by atoms with E-state index >= 15 is 0 Å². The summed E-state index contributed by atoms with van der Waals surface area (Å²) in [6, 6.07) is 4.50. The molecule has 0 fully saturated rings. The van der Waals surface area contributed by atoms with Gasteiger partial charge in [-0.3, -0.25) is 4.79 Å². The van der Waals surface area contributed by atoms with Gasteiger partial charge in [0, 0.05) is 6.21 Å². The summed E-state index contributed by atoms with van der Waals surface area (Å²) < 4.78 is 18.6. The van der Waals surface area contributed by atoms with Gasteiger partial charge in [-0.1, -0.05) is 12.1 Å². The van der Waals surface area contributed by atoms with E-state index in [4.69, 9.17) is 15.9 Å². The highest BCUT2D eigenvalue weighted by atomic mass is 19.1. The average molecular weight is 224 g/mol. The zero-order valence-electron chi connectivity index (χ0n) is 8.70. The van der Waals surface area contributed by atoms with Crippen molar-refractivity contribution >= 4 is 12.1 Å². The molecule has 0 spiro atoms. The van der Waals surface area contributed by atoms with E-state index in [2.05, 4.69) is 0 Å². The zero-order chi connectivity index (χ0) is 12.0. The second-order valence-electron chi connectivity index (χ2n) is 3.17. The molecule has 0 atom stereocenters. The Morgan fingerprint density at radius 2 is 2.31 bits per heavy atom. The second-order valence-corrected chi connectivity index (χ2v) is 3.17. The van der Waals surface area contributed by atoms with Crippen molar-refractivity contribution in [1.82, 2.24) is 0 Å². The molecule has 1 amide bonds. The van der Waals surface area contributed by atoms with Gasteiger partial charge in [0.05, 0.1) is 18.8 Å². The number of rotatable bonds is 6. The Hall–Kier alpha value is -1.75. The number of hydrogen-bond acceptors (Lipinski definition) is 3. The molecule has 0 aliphatic rings. The van der Waals surface area contributed by atoms with E-state index in [9.17, 15) is 9.18 Å². The molecule has 0 aliphatic heterocycles. The maximum absolute atomic E-state index is 13.6. The first-order valence-corrected chi connectivity index (χ1v) is 4.80. The third kappa shape index (κ3) is 3.13. The lowest BCUT2D eigenvalue weighted by Gasteiger charge is -2.05. The van der Waals surface area contributed by atoms with Gasteiger partial charge in [-0.25, -0.2) is 4.39 Å². The highest BCUT2D eigenvalue weighted by Crippen LogP contribution is 2.13. The van der Waals surface area contributed by atoms with Crippen LogP contribution in [0.1, 0.15) is 15.9 Å². The Morgan fingerprint density at radius 3 is 2.94 bits per heavy atom. The van der Waals surface area contributed by atoms with Crippen LogP contribution >= 0.6 is 0 Å². The van der Waals surface area contributed by atoms with Gasteiger partial charge in [0.1, 0.15) is 5.82 Å². The number of amides is 1. The van der Waals surface area contributed by atoms with Gasteiger partial charge >= 0.3 is 0 Å². The number of carbonyl (C=O) groups excluding carboxylic acids is 1. The van der Waals surface area contributed by atoms with Gasteiger partial charge in [-0.15, -0.1) is 0 Å².